The van der Waals surface area contributed by atoms with Gasteiger partial charge in [0.1, 0.15) is 5.52 Å². The van der Waals surface area contributed by atoms with Crippen molar-refractivity contribution in [1.29, 1.82) is 0 Å². The number of aryl methyl sites for hydroxylation is 1. The van der Waals surface area contributed by atoms with Crippen molar-refractivity contribution in [3.63, 3.8) is 0 Å². The maximum atomic E-state index is 11.5. The van der Waals surface area contributed by atoms with E-state index >= 15 is 0 Å². The third-order valence-corrected chi connectivity index (χ3v) is 4.09. The van der Waals surface area contributed by atoms with Crippen molar-refractivity contribution in [2.24, 2.45) is 0 Å². The minimum absolute atomic E-state index is 0.0761. The molecule has 1 heterocycles. The largest absolute Gasteiger partial charge is 0.440 e. The fourth-order valence-electron chi connectivity index (χ4n) is 2.62. The van der Waals surface area contributed by atoms with Crippen molar-refractivity contribution in [3.05, 3.63) is 59.5 Å². The summed E-state index contributed by atoms with van der Waals surface area (Å²) in [5.74, 6) is 0.612. The molecule has 0 spiro atoms. The van der Waals surface area contributed by atoms with E-state index in [1.165, 1.54) is 0 Å². The van der Waals surface area contributed by atoms with Gasteiger partial charge in [0.2, 0.25) is 5.91 Å². The molecule has 0 bridgehead atoms. The number of oxazole rings is 1. The van der Waals surface area contributed by atoms with Gasteiger partial charge < -0.3 is 15.1 Å². The predicted molar refractivity (Wildman–Crippen MR) is 107 cm³/mol. The summed E-state index contributed by atoms with van der Waals surface area (Å²) in [7, 11) is 0. The number of rotatable bonds is 5. The van der Waals surface area contributed by atoms with Crippen LogP contribution in [-0.4, -0.2) is 16.0 Å². The van der Waals surface area contributed by atoms with Crippen molar-refractivity contribution in [1.82, 2.24) is 10.3 Å². The fraction of sp³-hybridized carbons (Fsp3) is 0.250. The highest BCUT2D eigenvalue weighted by atomic mass is 32.1. The molecule has 1 aromatic heterocycles. The lowest BCUT2D eigenvalue weighted by Gasteiger charge is -2.09. The second-order valence-corrected chi connectivity index (χ2v) is 6.61. The van der Waals surface area contributed by atoms with Gasteiger partial charge >= 0.3 is 0 Å². The van der Waals surface area contributed by atoms with Crippen molar-refractivity contribution in [2.45, 2.75) is 33.1 Å². The van der Waals surface area contributed by atoms with Gasteiger partial charge in [-0.2, -0.15) is 0 Å². The highest BCUT2D eigenvalue weighted by Crippen LogP contribution is 2.19. The quantitative estimate of drug-likeness (QED) is 0.657. The maximum Gasteiger partial charge on any atom is 0.226 e. The lowest BCUT2D eigenvalue weighted by Crippen LogP contribution is -2.33. The predicted octanol–water partition coefficient (Wildman–Crippen LogP) is 4.34. The second kappa shape index (κ2) is 8.10. The van der Waals surface area contributed by atoms with Crippen LogP contribution in [0.3, 0.4) is 0 Å². The van der Waals surface area contributed by atoms with Gasteiger partial charge in [-0.25, -0.2) is 4.98 Å². The fourth-order valence-corrected chi connectivity index (χ4v) is 2.85. The summed E-state index contributed by atoms with van der Waals surface area (Å²) in [5, 5.41) is 5.98. The average molecular weight is 367 g/mol. The number of anilines is 1. The Balaban J connectivity index is 1.61. The molecule has 0 unspecified atom stereocenters. The van der Waals surface area contributed by atoms with Gasteiger partial charge in [-0.05, 0) is 61.0 Å². The Morgan fingerprint density at radius 1 is 1.19 bits per heavy atom. The molecule has 5 nitrogen and oxygen atoms in total. The van der Waals surface area contributed by atoms with E-state index in [9.17, 15) is 4.79 Å². The monoisotopic (exact) mass is 367 g/mol. The van der Waals surface area contributed by atoms with E-state index in [2.05, 4.69) is 15.6 Å². The van der Waals surface area contributed by atoms with E-state index in [-0.39, 0.29) is 5.91 Å². The summed E-state index contributed by atoms with van der Waals surface area (Å²) >= 11 is 5.14. The zero-order chi connectivity index (χ0) is 18.5. The van der Waals surface area contributed by atoms with E-state index in [0.29, 0.717) is 23.8 Å². The smallest absolute Gasteiger partial charge is 0.226 e. The highest BCUT2D eigenvalue weighted by Gasteiger charge is 2.08. The minimum atomic E-state index is -0.0761. The van der Waals surface area contributed by atoms with Crippen LogP contribution in [0.4, 0.5) is 5.69 Å². The molecule has 0 radical (unpaired) electrons. The summed E-state index contributed by atoms with van der Waals surface area (Å²) in [6.07, 6.45) is 1.87. The Morgan fingerprint density at radius 3 is 2.69 bits per heavy atom. The Kier molecular flexibility index (Phi) is 5.63. The van der Waals surface area contributed by atoms with Gasteiger partial charge in [0, 0.05) is 18.5 Å². The van der Waals surface area contributed by atoms with E-state index in [0.717, 1.165) is 34.3 Å². The number of fused-ring (bicyclic) bond motifs is 1. The van der Waals surface area contributed by atoms with Crippen LogP contribution in [-0.2, 0) is 11.2 Å². The molecule has 134 valence electrons. The van der Waals surface area contributed by atoms with Crippen LogP contribution in [0.25, 0.3) is 11.1 Å². The zero-order valence-corrected chi connectivity index (χ0v) is 15.7. The number of carbonyl (C=O) groups is 1. The molecular weight excluding hydrogens is 346 g/mol. The summed E-state index contributed by atoms with van der Waals surface area (Å²) in [6.45, 7) is 3.99. The van der Waals surface area contributed by atoms with Crippen LogP contribution in [0.5, 0.6) is 0 Å². The molecular formula is C20H21N3O2S. The van der Waals surface area contributed by atoms with Gasteiger partial charge in [-0.1, -0.05) is 25.1 Å². The summed E-state index contributed by atoms with van der Waals surface area (Å²) in [6, 6.07) is 13.8. The molecule has 0 fully saturated rings. The Bertz CT molecular complexity index is 932. The molecule has 0 aliphatic rings. The molecule has 2 N–H and O–H groups in total. The second-order valence-electron chi connectivity index (χ2n) is 6.20. The third-order valence-electron chi connectivity index (χ3n) is 3.88. The first kappa shape index (κ1) is 18.1. The first-order valence-electron chi connectivity index (χ1n) is 8.59. The van der Waals surface area contributed by atoms with Crippen molar-refractivity contribution >= 4 is 40.0 Å². The lowest BCUT2D eigenvalue weighted by molar-refractivity contribution is -0.119. The van der Waals surface area contributed by atoms with Gasteiger partial charge in [0.25, 0.3) is 0 Å². The first-order chi connectivity index (χ1) is 12.5. The Labute approximate surface area is 157 Å². The third kappa shape index (κ3) is 4.67. The van der Waals surface area contributed by atoms with Crippen molar-refractivity contribution in [2.75, 3.05) is 5.32 Å². The van der Waals surface area contributed by atoms with Gasteiger partial charge in [-0.3, -0.25) is 4.79 Å². The Hall–Kier alpha value is -2.73. The number of aromatic nitrogens is 1. The van der Waals surface area contributed by atoms with E-state index in [1.807, 2.05) is 56.3 Å². The standard InChI is InChI=1S/C20H21N3O2S/c1-3-4-18(24)23-20(26)21-15-8-6-14(7-9-15)12-19-22-16-11-13(2)5-10-17(16)25-19/h5-11H,3-4,12H2,1-2H3,(H2,21,23,24,26). The highest BCUT2D eigenvalue weighted by molar-refractivity contribution is 7.80. The zero-order valence-electron chi connectivity index (χ0n) is 14.8. The molecule has 0 saturated heterocycles. The number of nitrogens with one attached hydrogen (secondary N) is 2. The molecule has 0 aliphatic heterocycles. The minimum Gasteiger partial charge on any atom is -0.440 e. The van der Waals surface area contributed by atoms with E-state index in [1.54, 1.807) is 0 Å². The number of amides is 1. The van der Waals surface area contributed by atoms with E-state index < -0.39 is 0 Å². The SMILES string of the molecule is CCCC(=O)NC(=S)Nc1ccc(Cc2nc3cc(C)ccc3o2)cc1. The van der Waals surface area contributed by atoms with Gasteiger partial charge in [0.15, 0.2) is 16.6 Å². The van der Waals surface area contributed by atoms with Crippen LogP contribution < -0.4 is 10.6 Å². The number of nitrogens with zero attached hydrogens (tertiary/aromatic N) is 1. The van der Waals surface area contributed by atoms with Crippen LogP contribution in [0.2, 0.25) is 0 Å². The summed E-state index contributed by atoms with van der Waals surface area (Å²) in [5.41, 5.74) is 4.75. The normalized spacial score (nSPS) is 10.7. The maximum absolute atomic E-state index is 11.5. The van der Waals surface area contributed by atoms with Crippen LogP contribution in [0, 0.1) is 6.92 Å². The molecule has 26 heavy (non-hydrogen) atoms. The van der Waals surface area contributed by atoms with Gasteiger partial charge in [-0.15, -0.1) is 0 Å². The van der Waals surface area contributed by atoms with Crippen LogP contribution in [0.1, 0.15) is 36.8 Å². The van der Waals surface area contributed by atoms with Crippen molar-refractivity contribution < 1.29 is 9.21 Å². The number of hydrogen-bond donors (Lipinski definition) is 2. The number of benzene rings is 2. The molecule has 3 aromatic rings. The molecule has 0 atom stereocenters. The van der Waals surface area contributed by atoms with Crippen LogP contribution in [0.15, 0.2) is 46.9 Å². The summed E-state index contributed by atoms with van der Waals surface area (Å²) in [4.78, 5) is 16.1. The Morgan fingerprint density at radius 2 is 1.96 bits per heavy atom. The molecule has 1 amide bonds. The first-order valence-corrected chi connectivity index (χ1v) is 9.00. The number of hydrogen-bond acceptors (Lipinski definition) is 4. The molecule has 0 saturated carbocycles. The number of thiocarbonyl (C=S) groups is 1. The van der Waals surface area contributed by atoms with Crippen molar-refractivity contribution in [3.8, 4) is 0 Å². The van der Waals surface area contributed by atoms with Crippen LogP contribution >= 0.6 is 12.2 Å². The molecule has 2 aromatic carbocycles. The van der Waals surface area contributed by atoms with E-state index in [4.69, 9.17) is 16.6 Å². The van der Waals surface area contributed by atoms with Gasteiger partial charge in [0.05, 0.1) is 0 Å². The molecule has 0 aliphatic carbocycles. The lowest BCUT2D eigenvalue weighted by atomic mass is 10.1. The topological polar surface area (TPSA) is 67.2 Å². The molecule has 6 heteroatoms. The number of carbonyl (C=O) groups excluding carboxylic acids is 1. The molecule has 3 rings (SSSR count). The average Bonchev–Trinajstić information content (AvgIpc) is 2.98. The summed E-state index contributed by atoms with van der Waals surface area (Å²) < 4.78 is 5.79.